The van der Waals surface area contributed by atoms with E-state index in [1.807, 2.05) is 0 Å². The van der Waals surface area contributed by atoms with Crippen molar-refractivity contribution in [3.05, 3.63) is 10.4 Å². The third-order valence-corrected chi connectivity index (χ3v) is 4.57. The van der Waals surface area contributed by atoms with Crippen molar-refractivity contribution in [2.75, 3.05) is 13.1 Å². The molecule has 0 aromatic rings. The number of carbonyl (C=O) groups is 2. The molecule has 0 fully saturated rings. The summed E-state index contributed by atoms with van der Waals surface area (Å²) in [5, 5.41) is 15.8. The topological polar surface area (TPSA) is 258 Å². The summed E-state index contributed by atoms with van der Waals surface area (Å²) in [5.74, 6) is -3.26. The molecule has 2 unspecified atom stereocenters. The molecule has 0 bridgehead atoms. The third-order valence-electron chi connectivity index (χ3n) is 2.25. The number of hydrogen-bond donors (Lipinski definition) is 5. The molecular weight excluding hydrogens is 388 g/mol. The van der Waals surface area contributed by atoms with E-state index in [0.717, 1.165) is 0 Å². The highest BCUT2D eigenvalue weighted by atomic mass is 32.2. The van der Waals surface area contributed by atoms with E-state index in [1.54, 1.807) is 0 Å². The predicted octanol–water partition coefficient (Wildman–Crippen LogP) is -0.660. The van der Waals surface area contributed by atoms with Crippen LogP contribution in [-0.2, 0) is 29.8 Å². The lowest BCUT2D eigenvalue weighted by molar-refractivity contribution is -0.137. The Morgan fingerprint density at radius 3 is 1.56 bits per heavy atom. The number of hydrogen-bond acceptors (Lipinski definition) is 8. The average Bonchev–Trinajstić information content (AvgIpc) is 2.38. The number of nitrogens with two attached hydrogens (primary N) is 1. The van der Waals surface area contributed by atoms with Gasteiger partial charge in [0.15, 0.2) is 10.5 Å². The molecule has 148 valence electrons. The maximum absolute atomic E-state index is 10.4. The minimum atomic E-state index is -4.63. The molecule has 0 rings (SSSR count). The Morgan fingerprint density at radius 1 is 1.00 bits per heavy atom. The van der Waals surface area contributed by atoms with Crippen molar-refractivity contribution in [1.29, 1.82) is 0 Å². The van der Waals surface area contributed by atoms with Crippen LogP contribution in [0.5, 0.6) is 0 Å². The second-order valence-corrected chi connectivity index (χ2v) is 7.20. The van der Waals surface area contributed by atoms with Gasteiger partial charge in [-0.2, -0.15) is 16.8 Å². The molecule has 0 saturated carbocycles. The predicted molar refractivity (Wildman–Crippen MR) is 85.0 cm³/mol. The molecule has 0 aliphatic heterocycles. The smallest absolute Gasteiger partial charge is 0.324 e. The highest BCUT2D eigenvalue weighted by molar-refractivity contribution is 7.87. The van der Waals surface area contributed by atoms with Crippen molar-refractivity contribution in [2.45, 2.75) is 30.8 Å². The molecule has 0 aromatic heterocycles. The number of azide groups is 1. The van der Waals surface area contributed by atoms with E-state index in [2.05, 4.69) is 10.0 Å². The second-order valence-electron chi connectivity index (χ2n) is 4.00. The molecule has 2 atom stereocenters. The quantitative estimate of drug-likeness (QED) is 0.138. The second kappa shape index (κ2) is 12.4. The number of rotatable bonds is 9. The lowest BCUT2D eigenvalue weighted by Gasteiger charge is -2.05. The molecule has 16 heteroatoms. The summed E-state index contributed by atoms with van der Waals surface area (Å²) in [7, 11) is -9.13. The monoisotopic (exact) mass is 408 g/mol. The molecule has 6 N–H and O–H groups in total. The fourth-order valence-corrected chi connectivity index (χ4v) is 2.52. The van der Waals surface area contributed by atoms with E-state index >= 15 is 0 Å². The van der Waals surface area contributed by atoms with Gasteiger partial charge < -0.3 is 15.9 Å². The van der Waals surface area contributed by atoms with Crippen LogP contribution in [0.25, 0.3) is 10.4 Å². The first kappa shape index (κ1) is 27.9. The lowest BCUT2D eigenvalue weighted by Crippen LogP contribution is -2.31. The Morgan fingerprint density at radius 2 is 1.36 bits per heavy atom. The highest BCUT2D eigenvalue weighted by Gasteiger charge is 2.30. The summed E-state index contributed by atoms with van der Waals surface area (Å²) in [6, 6.07) is 0. The van der Waals surface area contributed by atoms with Gasteiger partial charge in [0.05, 0.1) is 0 Å². The zero-order valence-corrected chi connectivity index (χ0v) is 13.6. The normalized spacial score (nSPS) is 13.1. The standard InChI is InChI=1S/C4H7N3O5S.C4H9NO5S.CH4/c5-7-6-2-1-3(4(8)9)13(10,11)12;5-2-1-3(4(6)7)11(8,9)10;/h3H,1-2H2,(H,8,9)(H,10,11,12);3H,1-2,5H2,(H,6,7)(H,8,9,10);1H4. The van der Waals surface area contributed by atoms with Gasteiger partial charge in [-0.25, -0.2) is 0 Å². The number of carboxylic acid groups (broad SMARTS) is 2. The van der Waals surface area contributed by atoms with Crippen LogP contribution in [-0.4, -0.2) is 71.7 Å². The van der Waals surface area contributed by atoms with Gasteiger partial charge in [0, 0.05) is 11.5 Å². The number of nitrogens with zero attached hydrogens (tertiary/aromatic N) is 3. The van der Waals surface area contributed by atoms with E-state index in [1.165, 1.54) is 0 Å². The van der Waals surface area contributed by atoms with Crippen molar-refractivity contribution in [1.82, 2.24) is 0 Å². The van der Waals surface area contributed by atoms with Gasteiger partial charge >= 0.3 is 11.9 Å². The number of aliphatic carboxylic acids is 2. The van der Waals surface area contributed by atoms with Crippen LogP contribution in [0.2, 0.25) is 0 Å². The lowest BCUT2D eigenvalue weighted by atomic mass is 10.3. The highest BCUT2D eigenvalue weighted by Crippen LogP contribution is 2.05. The molecule has 0 heterocycles. The maximum Gasteiger partial charge on any atom is 0.324 e. The molecule has 0 aliphatic rings. The van der Waals surface area contributed by atoms with Crippen molar-refractivity contribution >= 4 is 32.2 Å². The van der Waals surface area contributed by atoms with Gasteiger partial charge in [0.25, 0.3) is 20.2 Å². The van der Waals surface area contributed by atoms with Gasteiger partial charge in [-0.3, -0.25) is 18.7 Å². The molecule has 0 saturated heterocycles. The molecule has 25 heavy (non-hydrogen) atoms. The van der Waals surface area contributed by atoms with Crippen LogP contribution >= 0.6 is 0 Å². The summed E-state index contributed by atoms with van der Waals surface area (Å²) in [5.41, 5.74) is 12.7. The molecule has 0 aromatic carbocycles. The van der Waals surface area contributed by atoms with E-state index < -0.39 is 49.1 Å². The van der Waals surface area contributed by atoms with E-state index in [0.29, 0.717) is 0 Å². The van der Waals surface area contributed by atoms with Crippen molar-refractivity contribution < 1.29 is 45.7 Å². The van der Waals surface area contributed by atoms with Gasteiger partial charge in [-0.15, -0.1) is 0 Å². The van der Waals surface area contributed by atoms with Crippen LogP contribution in [0.4, 0.5) is 0 Å². The van der Waals surface area contributed by atoms with Crippen LogP contribution in [0.1, 0.15) is 20.3 Å². The van der Waals surface area contributed by atoms with E-state index in [4.69, 9.17) is 30.6 Å². The Labute approximate surface area is 143 Å². The third kappa shape index (κ3) is 13.0. The fourth-order valence-electron chi connectivity index (χ4n) is 1.17. The minimum absolute atomic E-state index is 0. The van der Waals surface area contributed by atoms with Crippen molar-refractivity contribution in [3.8, 4) is 0 Å². The number of carboxylic acids is 2. The fraction of sp³-hybridized carbons (Fsp3) is 0.778. The zero-order valence-electron chi connectivity index (χ0n) is 12.0. The molecule has 0 spiro atoms. The molecule has 14 nitrogen and oxygen atoms in total. The molecule has 0 radical (unpaired) electrons. The van der Waals surface area contributed by atoms with Crippen LogP contribution in [0, 0.1) is 0 Å². The first-order valence-corrected chi connectivity index (χ1v) is 8.88. The SMILES string of the molecule is C.NCCC(C(=O)O)S(=O)(=O)O.[N-]=[N+]=NCCC(C(=O)O)S(=O)(=O)O. The first-order valence-electron chi connectivity index (χ1n) is 5.88. The summed E-state index contributed by atoms with van der Waals surface area (Å²) in [6.45, 7) is -0.399. The summed E-state index contributed by atoms with van der Waals surface area (Å²) < 4.78 is 58.1. The van der Waals surface area contributed by atoms with Crippen LogP contribution in [0.3, 0.4) is 0 Å². The largest absolute Gasteiger partial charge is 0.480 e. The molecule has 0 amide bonds. The summed E-state index contributed by atoms with van der Waals surface area (Å²) >= 11 is 0. The Kier molecular flexibility index (Phi) is 13.8. The summed E-state index contributed by atoms with van der Waals surface area (Å²) in [6.07, 6.45) is -0.730. The van der Waals surface area contributed by atoms with Crippen molar-refractivity contribution in [3.63, 3.8) is 0 Å². The minimum Gasteiger partial charge on any atom is -0.480 e. The average molecular weight is 408 g/mol. The van der Waals surface area contributed by atoms with Gasteiger partial charge in [0.2, 0.25) is 0 Å². The van der Waals surface area contributed by atoms with Gasteiger partial charge in [0.1, 0.15) is 0 Å². The Hall–Kier alpha value is -1.97. The zero-order chi connectivity index (χ0) is 19.6. The van der Waals surface area contributed by atoms with E-state index in [-0.39, 0.29) is 26.9 Å². The van der Waals surface area contributed by atoms with Gasteiger partial charge in [-0.1, -0.05) is 12.5 Å². The molecule has 0 aliphatic carbocycles. The summed E-state index contributed by atoms with van der Waals surface area (Å²) in [4.78, 5) is 22.7. The van der Waals surface area contributed by atoms with Crippen LogP contribution in [0.15, 0.2) is 5.11 Å². The molecular formula is C9H20N4O10S2. The van der Waals surface area contributed by atoms with Gasteiger partial charge in [-0.05, 0) is 24.9 Å². The van der Waals surface area contributed by atoms with Crippen molar-refractivity contribution in [2.24, 2.45) is 10.8 Å². The van der Waals surface area contributed by atoms with Crippen LogP contribution < -0.4 is 5.73 Å². The maximum atomic E-state index is 10.4. The van der Waals surface area contributed by atoms with E-state index in [9.17, 15) is 26.4 Å². The Bertz CT molecular complexity index is 683. The Balaban J connectivity index is -0.000000377. The first-order chi connectivity index (χ1) is 10.8.